The van der Waals surface area contributed by atoms with E-state index in [-0.39, 0.29) is 30.2 Å². The molecule has 2 N–H and O–H groups in total. The van der Waals surface area contributed by atoms with Crippen LogP contribution in [-0.2, 0) is 16.1 Å². The fraction of sp³-hybridized carbons (Fsp3) is 0.316. The zero-order valence-corrected chi connectivity index (χ0v) is 15.1. The lowest BCUT2D eigenvalue weighted by Crippen LogP contribution is -2.40. The quantitative estimate of drug-likeness (QED) is 0.808. The summed E-state index contributed by atoms with van der Waals surface area (Å²) >= 11 is 0. The van der Waals surface area contributed by atoms with Crippen molar-refractivity contribution >= 4 is 24.0 Å². The van der Waals surface area contributed by atoms with Crippen LogP contribution in [0, 0.1) is 5.82 Å². The molecule has 1 heterocycles. The predicted octanol–water partition coefficient (Wildman–Crippen LogP) is 3.14. The number of hydrogen-bond donors (Lipinski definition) is 2. The second kappa shape index (κ2) is 10.1. The van der Waals surface area contributed by atoms with Crippen molar-refractivity contribution in [2.24, 2.45) is 0 Å². The summed E-state index contributed by atoms with van der Waals surface area (Å²) in [7, 11) is 0. The molecule has 140 valence electrons. The maximum atomic E-state index is 12.9. The molecular weight excluding hydrogens is 359 g/mol. The van der Waals surface area contributed by atoms with E-state index in [1.54, 1.807) is 18.2 Å². The minimum absolute atomic E-state index is 0. The first kappa shape index (κ1) is 20.2. The van der Waals surface area contributed by atoms with Gasteiger partial charge in [0, 0.05) is 24.8 Å². The molecule has 0 aliphatic carbocycles. The van der Waals surface area contributed by atoms with E-state index in [1.165, 1.54) is 12.1 Å². The van der Waals surface area contributed by atoms with Gasteiger partial charge in [0.1, 0.15) is 18.2 Å². The highest BCUT2D eigenvalue weighted by molar-refractivity contribution is 5.91. The van der Waals surface area contributed by atoms with Crippen molar-refractivity contribution < 1.29 is 18.7 Å². The van der Waals surface area contributed by atoms with E-state index in [0.717, 1.165) is 12.1 Å². The van der Waals surface area contributed by atoms with Crippen LogP contribution >= 0.6 is 12.4 Å². The first-order valence-electron chi connectivity index (χ1n) is 8.28. The van der Waals surface area contributed by atoms with Crippen LogP contribution in [0.5, 0.6) is 5.75 Å². The Bertz CT molecular complexity index is 706. The number of carbonyl (C=O) groups excluding carboxylic acids is 1. The van der Waals surface area contributed by atoms with Gasteiger partial charge in [-0.25, -0.2) is 4.39 Å². The lowest BCUT2D eigenvalue weighted by atomic mass is 10.2. The molecular formula is C19H22ClFN2O3. The SMILES string of the molecule is Cl.O=C(CC1CNCCO1)Nc1cccc(OCc2ccc(F)cc2)c1. The van der Waals surface area contributed by atoms with Crippen LogP contribution in [0.4, 0.5) is 10.1 Å². The lowest BCUT2D eigenvalue weighted by molar-refractivity contribution is -0.119. The Kier molecular flexibility index (Phi) is 7.84. The van der Waals surface area contributed by atoms with Crippen molar-refractivity contribution in [3.8, 4) is 5.75 Å². The minimum atomic E-state index is -0.273. The zero-order chi connectivity index (χ0) is 17.5. The molecule has 0 bridgehead atoms. The number of amides is 1. The molecule has 0 aromatic heterocycles. The molecule has 0 spiro atoms. The monoisotopic (exact) mass is 380 g/mol. The smallest absolute Gasteiger partial charge is 0.227 e. The molecule has 7 heteroatoms. The third kappa shape index (κ3) is 6.29. The van der Waals surface area contributed by atoms with Gasteiger partial charge < -0.3 is 20.1 Å². The first-order valence-corrected chi connectivity index (χ1v) is 8.28. The zero-order valence-electron chi connectivity index (χ0n) is 14.2. The number of ether oxygens (including phenoxy) is 2. The first-order chi connectivity index (χ1) is 12.2. The average molecular weight is 381 g/mol. The molecule has 1 amide bonds. The molecule has 1 saturated heterocycles. The van der Waals surface area contributed by atoms with E-state index in [9.17, 15) is 9.18 Å². The molecule has 0 saturated carbocycles. The second-order valence-corrected chi connectivity index (χ2v) is 5.89. The van der Waals surface area contributed by atoms with Crippen LogP contribution in [0.2, 0.25) is 0 Å². The Hall–Kier alpha value is -2.15. The van der Waals surface area contributed by atoms with Crippen molar-refractivity contribution in [1.29, 1.82) is 0 Å². The molecule has 0 radical (unpaired) electrons. The summed E-state index contributed by atoms with van der Waals surface area (Å²) in [5.41, 5.74) is 1.54. The number of anilines is 1. The van der Waals surface area contributed by atoms with E-state index >= 15 is 0 Å². The molecule has 26 heavy (non-hydrogen) atoms. The predicted molar refractivity (Wildman–Crippen MR) is 100 cm³/mol. The average Bonchev–Trinajstić information content (AvgIpc) is 2.62. The summed E-state index contributed by atoms with van der Waals surface area (Å²) in [4.78, 5) is 12.1. The molecule has 1 atom stereocenters. The van der Waals surface area contributed by atoms with E-state index in [2.05, 4.69) is 10.6 Å². The highest BCUT2D eigenvalue weighted by Gasteiger charge is 2.17. The lowest BCUT2D eigenvalue weighted by Gasteiger charge is -2.23. The molecule has 5 nitrogen and oxygen atoms in total. The van der Waals surface area contributed by atoms with E-state index in [1.807, 2.05) is 18.2 Å². The van der Waals surface area contributed by atoms with Crippen LogP contribution in [-0.4, -0.2) is 31.7 Å². The summed E-state index contributed by atoms with van der Waals surface area (Å²) in [6.45, 7) is 2.48. The van der Waals surface area contributed by atoms with Gasteiger partial charge in [0.05, 0.1) is 19.1 Å². The fourth-order valence-corrected chi connectivity index (χ4v) is 2.58. The summed E-state index contributed by atoms with van der Waals surface area (Å²) in [6.07, 6.45) is 0.222. The largest absolute Gasteiger partial charge is 0.489 e. The van der Waals surface area contributed by atoms with Crippen molar-refractivity contribution in [2.45, 2.75) is 19.1 Å². The molecule has 2 aromatic carbocycles. The molecule has 1 fully saturated rings. The number of halogens is 2. The van der Waals surface area contributed by atoms with Gasteiger partial charge in [0.2, 0.25) is 5.91 Å². The minimum Gasteiger partial charge on any atom is -0.489 e. The molecule has 1 aliphatic rings. The Morgan fingerprint density at radius 3 is 2.81 bits per heavy atom. The van der Waals surface area contributed by atoms with Crippen LogP contribution in [0.15, 0.2) is 48.5 Å². The van der Waals surface area contributed by atoms with Crippen LogP contribution in [0.3, 0.4) is 0 Å². The number of nitrogens with one attached hydrogen (secondary N) is 2. The van der Waals surface area contributed by atoms with Gasteiger partial charge >= 0.3 is 0 Å². The Morgan fingerprint density at radius 2 is 2.08 bits per heavy atom. The Morgan fingerprint density at radius 1 is 1.27 bits per heavy atom. The van der Waals surface area contributed by atoms with Gasteiger partial charge in [-0.3, -0.25) is 4.79 Å². The Balaban J connectivity index is 0.00000243. The maximum absolute atomic E-state index is 12.9. The molecule has 3 rings (SSSR count). The van der Waals surface area contributed by atoms with E-state index < -0.39 is 0 Å². The summed E-state index contributed by atoms with van der Waals surface area (Å²) in [6, 6.07) is 13.4. The van der Waals surface area contributed by atoms with Crippen molar-refractivity contribution in [3.05, 3.63) is 59.9 Å². The summed E-state index contributed by atoms with van der Waals surface area (Å²) in [5.74, 6) is 0.271. The van der Waals surface area contributed by atoms with Gasteiger partial charge in [-0.15, -0.1) is 12.4 Å². The fourth-order valence-electron chi connectivity index (χ4n) is 2.58. The van der Waals surface area contributed by atoms with Gasteiger partial charge in [-0.05, 0) is 29.8 Å². The maximum Gasteiger partial charge on any atom is 0.227 e. The number of carbonyl (C=O) groups is 1. The molecule has 1 aliphatic heterocycles. The number of benzene rings is 2. The summed E-state index contributed by atoms with van der Waals surface area (Å²) in [5, 5.41) is 6.06. The third-order valence-electron chi connectivity index (χ3n) is 3.85. The standard InChI is InChI=1S/C19H21FN2O3.ClH/c20-15-6-4-14(5-7-15)13-25-17-3-1-2-16(10-17)22-19(23)11-18-12-21-8-9-24-18;/h1-7,10,18,21H,8-9,11-13H2,(H,22,23);1H. The van der Waals surface area contributed by atoms with E-state index in [0.29, 0.717) is 37.6 Å². The normalized spacial score (nSPS) is 16.4. The summed E-state index contributed by atoms with van der Waals surface area (Å²) < 4.78 is 24.1. The molecule has 2 aromatic rings. The third-order valence-corrected chi connectivity index (χ3v) is 3.85. The second-order valence-electron chi connectivity index (χ2n) is 5.89. The number of morpholine rings is 1. The van der Waals surface area contributed by atoms with Crippen LogP contribution in [0.1, 0.15) is 12.0 Å². The van der Waals surface area contributed by atoms with Gasteiger partial charge in [-0.1, -0.05) is 18.2 Å². The van der Waals surface area contributed by atoms with Crippen molar-refractivity contribution in [2.75, 3.05) is 25.0 Å². The van der Waals surface area contributed by atoms with Gasteiger partial charge in [0.25, 0.3) is 0 Å². The highest BCUT2D eigenvalue weighted by Crippen LogP contribution is 2.19. The van der Waals surface area contributed by atoms with Gasteiger partial charge in [0.15, 0.2) is 0 Å². The number of hydrogen-bond acceptors (Lipinski definition) is 4. The van der Waals surface area contributed by atoms with Crippen molar-refractivity contribution in [3.63, 3.8) is 0 Å². The van der Waals surface area contributed by atoms with E-state index in [4.69, 9.17) is 9.47 Å². The van der Waals surface area contributed by atoms with Crippen molar-refractivity contribution in [1.82, 2.24) is 5.32 Å². The topological polar surface area (TPSA) is 59.6 Å². The van der Waals surface area contributed by atoms with Gasteiger partial charge in [-0.2, -0.15) is 0 Å². The van der Waals surface area contributed by atoms with Crippen LogP contribution < -0.4 is 15.4 Å². The number of rotatable bonds is 6. The highest BCUT2D eigenvalue weighted by atomic mass is 35.5. The molecule has 1 unspecified atom stereocenters. The van der Waals surface area contributed by atoms with Crippen LogP contribution in [0.25, 0.3) is 0 Å². The Labute approximate surface area is 158 Å².